The molecule has 5 rings (SSSR count). The van der Waals surface area contributed by atoms with E-state index in [0.29, 0.717) is 5.76 Å². The van der Waals surface area contributed by atoms with Crippen LogP contribution in [0.25, 0.3) is 6.08 Å². The van der Waals surface area contributed by atoms with Crippen LogP contribution in [-0.4, -0.2) is 41.7 Å². The van der Waals surface area contributed by atoms with E-state index in [2.05, 4.69) is 69.4 Å². The van der Waals surface area contributed by atoms with Crippen molar-refractivity contribution in [3.63, 3.8) is 0 Å². The third-order valence-corrected chi connectivity index (χ3v) is 7.54. The number of furan rings is 1. The third kappa shape index (κ3) is 3.38. The van der Waals surface area contributed by atoms with Gasteiger partial charge in [0, 0.05) is 41.9 Å². The van der Waals surface area contributed by atoms with E-state index in [1.54, 1.807) is 6.26 Å². The molecule has 2 aliphatic heterocycles. The molecule has 0 bridgehead atoms. The van der Waals surface area contributed by atoms with Gasteiger partial charge in [0.1, 0.15) is 11.3 Å². The Bertz CT molecular complexity index is 1430. The highest BCUT2D eigenvalue weighted by atomic mass is 16.3. The first kappa shape index (κ1) is 23.6. The van der Waals surface area contributed by atoms with Crippen molar-refractivity contribution in [3.8, 4) is 0 Å². The number of imide groups is 2. The minimum absolute atomic E-state index is 0.115. The smallest absolute Gasteiger partial charge is 0.333 e. The Balaban J connectivity index is 1.54. The van der Waals surface area contributed by atoms with E-state index in [9.17, 15) is 14.4 Å². The number of hydrogen-bond acceptors (Lipinski definition) is 5. The van der Waals surface area contributed by atoms with E-state index in [1.165, 1.54) is 31.3 Å². The van der Waals surface area contributed by atoms with E-state index in [4.69, 9.17) is 4.42 Å². The van der Waals surface area contributed by atoms with Crippen LogP contribution in [-0.2, 0) is 20.4 Å². The molecule has 2 aromatic carbocycles. The van der Waals surface area contributed by atoms with Crippen molar-refractivity contribution >= 4 is 35.3 Å². The molecular weight excluding hydrogens is 454 g/mol. The molecule has 3 aromatic rings. The molecule has 2 aliphatic rings. The lowest BCUT2D eigenvalue weighted by atomic mass is 9.70. The maximum absolute atomic E-state index is 12.6. The number of nitrogens with zero attached hydrogens (tertiary/aromatic N) is 2. The average molecular weight is 484 g/mol. The van der Waals surface area contributed by atoms with Crippen molar-refractivity contribution in [2.75, 3.05) is 19.4 Å². The number of benzene rings is 2. The molecule has 1 N–H and O–H groups in total. The highest BCUT2D eigenvalue weighted by molar-refractivity contribution is 6.30. The number of hydrogen-bond donors (Lipinski definition) is 1. The van der Waals surface area contributed by atoms with Crippen LogP contribution in [0.4, 0.5) is 16.2 Å². The highest BCUT2D eigenvalue weighted by Gasteiger charge is 2.39. The van der Waals surface area contributed by atoms with Gasteiger partial charge in [0.2, 0.25) is 0 Å². The molecule has 1 fully saturated rings. The number of anilines is 2. The minimum Gasteiger partial charge on any atom is -0.465 e. The largest absolute Gasteiger partial charge is 0.465 e. The summed E-state index contributed by atoms with van der Waals surface area (Å²) in [5, 5.41) is 3.66. The molecule has 1 aromatic heterocycles. The van der Waals surface area contributed by atoms with Crippen molar-refractivity contribution in [2.45, 2.75) is 38.5 Å². The average Bonchev–Trinajstić information content (AvgIpc) is 3.34. The van der Waals surface area contributed by atoms with Crippen molar-refractivity contribution in [1.82, 2.24) is 9.80 Å². The second kappa shape index (κ2) is 7.95. The van der Waals surface area contributed by atoms with Crippen molar-refractivity contribution in [3.05, 3.63) is 88.4 Å². The predicted molar refractivity (Wildman–Crippen MR) is 138 cm³/mol. The van der Waals surface area contributed by atoms with Gasteiger partial charge in [0.15, 0.2) is 0 Å². The molecule has 3 heterocycles. The summed E-state index contributed by atoms with van der Waals surface area (Å²) < 4.78 is 5.79. The standard InChI is InChI=1S/C29H29N3O4/c1-28(2,17-14-18(36-16-17)15-19-25(33)31(5)27(35)32(6)26(19)34)21-11-9-12-22-24(21)30-23-13-8-7-10-20(23)29(22,3)4/h7-16,30H,1-6H3. The summed E-state index contributed by atoms with van der Waals surface area (Å²) in [6, 6.07) is 15.9. The predicted octanol–water partition coefficient (Wildman–Crippen LogP) is 5.42. The van der Waals surface area contributed by atoms with Crippen LogP contribution in [0.3, 0.4) is 0 Å². The lowest BCUT2D eigenvalue weighted by Gasteiger charge is -2.39. The molecule has 0 atom stereocenters. The molecule has 7 heteroatoms. The summed E-state index contributed by atoms with van der Waals surface area (Å²) in [6.45, 7) is 8.72. The number of fused-ring (bicyclic) bond motifs is 2. The molecule has 0 radical (unpaired) electrons. The Morgan fingerprint density at radius 1 is 0.917 bits per heavy atom. The molecule has 36 heavy (non-hydrogen) atoms. The van der Waals surface area contributed by atoms with Crippen LogP contribution >= 0.6 is 0 Å². The van der Waals surface area contributed by atoms with Gasteiger partial charge in [-0.3, -0.25) is 19.4 Å². The van der Waals surface area contributed by atoms with Crippen molar-refractivity contribution < 1.29 is 18.8 Å². The van der Waals surface area contributed by atoms with Gasteiger partial charge in [-0.05, 0) is 34.9 Å². The zero-order valence-corrected chi connectivity index (χ0v) is 21.3. The lowest BCUT2D eigenvalue weighted by Crippen LogP contribution is -2.52. The maximum atomic E-state index is 12.6. The number of para-hydroxylation sites is 2. The topological polar surface area (TPSA) is 82.9 Å². The number of carbonyl (C=O) groups excluding carboxylic acids is 3. The fourth-order valence-corrected chi connectivity index (χ4v) is 5.17. The van der Waals surface area contributed by atoms with Gasteiger partial charge in [-0.15, -0.1) is 0 Å². The Labute approximate surface area is 210 Å². The van der Waals surface area contributed by atoms with E-state index >= 15 is 0 Å². The summed E-state index contributed by atoms with van der Waals surface area (Å²) >= 11 is 0. The fraction of sp³-hybridized carbons (Fsp3) is 0.276. The molecule has 0 aliphatic carbocycles. The van der Waals surface area contributed by atoms with E-state index < -0.39 is 23.3 Å². The van der Waals surface area contributed by atoms with Crippen LogP contribution in [0, 0.1) is 0 Å². The molecule has 7 nitrogen and oxygen atoms in total. The normalized spacial score (nSPS) is 17.1. The van der Waals surface area contributed by atoms with Gasteiger partial charge >= 0.3 is 6.03 Å². The second-order valence-electron chi connectivity index (χ2n) is 10.5. The zero-order valence-electron chi connectivity index (χ0n) is 21.3. The Hall–Kier alpha value is -4.13. The Morgan fingerprint density at radius 2 is 1.56 bits per heavy atom. The van der Waals surface area contributed by atoms with Gasteiger partial charge in [-0.25, -0.2) is 4.79 Å². The summed E-state index contributed by atoms with van der Waals surface area (Å²) in [5.74, 6) is -0.931. The lowest BCUT2D eigenvalue weighted by molar-refractivity contribution is -0.134. The Morgan fingerprint density at radius 3 is 2.25 bits per heavy atom. The van der Waals surface area contributed by atoms with Gasteiger partial charge in [-0.2, -0.15) is 0 Å². The van der Waals surface area contributed by atoms with Crippen molar-refractivity contribution in [2.24, 2.45) is 0 Å². The van der Waals surface area contributed by atoms with Gasteiger partial charge in [0.05, 0.1) is 6.26 Å². The van der Waals surface area contributed by atoms with Gasteiger partial charge in [0.25, 0.3) is 11.8 Å². The number of nitrogens with one attached hydrogen (secondary N) is 1. The van der Waals surface area contributed by atoms with Crippen LogP contribution < -0.4 is 5.32 Å². The number of amides is 4. The molecular formula is C29H29N3O4. The molecule has 0 saturated carbocycles. The monoisotopic (exact) mass is 483 g/mol. The van der Waals surface area contributed by atoms with Gasteiger partial charge < -0.3 is 9.73 Å². The second-order valence-corrected chi connectivity index (χ2v) is 10.5. The maximum Gasteiger partial charge on any atom is 0.333 e. The molecule has 0 spiro atoms. The summed E-state index contributed by atoms with van der Waals surface area (Å²) in [6.07, 6.45) is 3.06. The zero-order chi connectivity index (χ0) is 26.0. The number of rotatable bonds is 3. The molecule has 184 valence electrons. The summed E-state index contributed by atoms with van der Waals surface area (Å²) in [7, 11) is 2.70. The number of barbiturate groups is 1. The number of carbonyl (C=O) groups is 3. The minimum atomic E-state index is -0.658. The first-order valence-corrected chi connectivity index (χ1v) is 11.9. The summed E-state index contributed by atoms with van der Waals surface area (Å²) in [5.41, 5.74) is 5.89. The Kier molecular flexibility index (Phi) is 5.21. The number of urea groups is 1. The van der Waals surface area contributed by atoms with Crippen LogP contribution in [0.5, 0.6) is 0 Å². The quantitative estimate of drug-likeness (QED) is 0.397. The SMILES string of the molecule is CN1C(=O)C(=Cc2cc(C(C)(C)c3cccc4c3Nc3ccccc3C4(C)C)co2)C(=O)N(C)C1=O. The van der Waals surface area contributed by atoms with Gasteiger partial charge in [-0.1, -0.05) is 64.1 Å². The fourth-order valence-electron chi connectivity index (χ4n) is 5.17. The number of likely N-dealkylation sites (N-methyl/N-ethyl adjacent to an activating group) is 2. The molecule has 4 amide bonds. The first-order chi connectivity index (χ1) is 16.9. The highest BCUT2D eigenvalue weighted by Crippen LogP contribution is 2.49. The van der Waals surface area contributed by atoms with Crippen LogP contribution in [0.1, 0.15) is 55.7 Å². The van der Waals surface area contributed by atoms with E-state index in [-0.39, 0.29) is 11.0 Å². The van der Waals surface area contributed by atoms with Crippen LogP contribution in [0.2, 0.25) is 0 Å². The van der Waals surface area contributed by atoms with E-state index in [1.807, 2.05) is 12.1 Å². The van der Waals surface area contributed by atoms with Crippen LogP contribution in [0.15, 0.2) is 64.8 Å². The van der Waals surface area contributed by atoms with E-state index in [0.717, 1.165) is 32.3 Å². The third-order valence-electron chi connectivity index (χ3n) is 7.54. The van der Waals surface area contributed by atoms with Crippen molar-refractivity contribution in [1.29, 1.82) is 0 Å². The summed E-state index contributed by atoms with van der Waals surface area (Å²) in [4.78, 5) is 39.0. The molecule has 0 unspecified atom stereocenters. The molecule has 1 saturated heterocycles. The first-order valence-electron chi connectivity index (χ1n) is 11.9.